The molecule has 9 heteroatoms. The van der Waals surface area contributed by atoms with Crippen LogP contribution in [0.15, 0.2) is 18.2 Å². The molecule has 1 aliphatic rings. The number of nitrogens with one attached hydrogen (secondary N) is 1. The predicted octanol–water partition coefficient (Wildman–Crippen LogP) is 3.17. The normalized spacial score (nSPS) is 15.7. The van der Waals surface area contributed by atoms with Crippen LogP contribution in [-0.2, 0) is 28.9 Å². The first-order valence-electron chi connectivity index (χ1n) is 11.4. The minimum Gasteiger partial charge on any atom is -0.497 e. The van der Waals surface area contributed by atoms with E-state index in [1.807, 2.05) is 18.5 Å². The number of amides is 1. The lowest BCUT2D eigenvalue weighted by Crippen LogP contribution is -2.27. The van der Waals surface area contributed by atoms with Crippen molar-refractivity contribution < 1.29 is 28.2 Å². The summed E-state index contributed by atoms with van der Waals surface area (Å²) in [6.45, 7) is 6.25. The van der Waals surface area contributed by atoms with Crippen LogP contribution >= 0.6 is 0 Å². The maximum Gasteiger partial charge on any atom is 0.341 e. The molecule has 0 radical (unpaired) electrons. The number of esters is 1. The van der Waals surface area contributed by atoms with Gasteiger partial charge in [0.05, 0.1) is 36.2 Å². The molecule has 1 aliphatic heterocycles. The topological polar surface area (TPSA) is 91.7 Å². The van der Waals surface area contributed by atoms with Gasteiger partial charge >= 0.3 is 5.97 Å². The predicted molar refractivity (Wildman–Crippen MR) is 120 cm³/mol. The van der Waals surface area contributed by atoms with Crippen molar-refractivity contribution in [3.05, 3.63) is 46.5 Å². The van der Waals surface area contributed by atoms with Gasteiger partial charge in [-0.25, -0.2) is 9.18 Å². The molecule has 1 aromatic heterocycles. The minimum atomic E-state index is -0.746. The number of nitrogens with zero attached hydrogens (tertiary/aromatic N) is 2. The third kappa shape index (κ3) is 6.31. The van der Waals surface area contributed by atoms with Gasteiger partial charge in [0, 0.05) is 32.2 Å². The molecular formula is C24H32FN3O5. The summed E-state index contributed by atoms with van der Waals surface area (Å²) in [7, 11) is 1.45. The second-order valence-electron chi connectivity index (χ2n) is 8.18. The second kappa shape index (κ2) is 11.8. The number of halogens is 1. The number of benzene rings is 1. The van der Waals surface area contributed by atoms with Crippen molar-refractivity contribution in [3.8, 4) is 5.75 Å². The number of ether oxygens (including phenoxy) is 3. The highest BCUT2D eigenvalue weighted by Gasteiger charge is 2.24. The summed E-state index contributed by atoms with van der Waals surface area (Å²) in [5.74, 6) is -1.24. The first kappa shape index (κ1) is 24.7. The molecule has 1 atom stereocenters. The highest BCUT2D eigenvalue weighted by molar-refractivity contribution is 5.96. The third-order valence-corrected chi connectivity index (χ3v) is 5.52. The zero-order valence-electron chi connectivity index (χ0n) is 19.5. The van der Waals surface area contributed by atoms with E-state index in [-0.39, 0.29) is 24.0 Å². The fourth-order valence-electron chi connectivity index (χ4n) is 3.81. The van der Waals surface area contributed by atoms with E-state index in [1.165, 1.54) is 25.3 Å². The second-order valence-corrected chi connectivity index (χ2v) is 8.18. The molecule has 3 rings (SSSR count). The number of carbonyl (C=O) groups is 2. The number of aromatic nitrogens is 2. The van der Waals surface area contributed by atoms with Crippen molar-refractivity contribution in [2.24, 2.45) is 5.92 Å². The fraction of sp³-hybridized carbons (Fsp3) is 0.542. The quantitative estimate of drug-likeness (QED) is 0.637. The van der Waals surface area contributed by atoms with Crippen LogP contribution in [0.25, 0.3) is 0 Å². The van der Waals surface area contributed by atoms with Gasteiger partial charge in [-0.1, -0.05) is 13.8 Å². The minimum absolute atomic E-state index is 0.0842. The van der Waals surface area contributed by atoms with Crippen LogP contribution in [0.2, 0.25) is 0 Å². The molecule has 0 spiro atoms. The average molecular weight is 462 g/mol. The Morgan fingerprint density at radius 1 is 1.33 bits per heavy atom. The van der Waals surface area contributed by atoms with E-state index in [2.05, 4.69) is 10.4 Å². The molecule has 0 fully saturated rings. The Balaban J connectivity index is 1.72. The van der Waals surface area contributed by atoms with Crippen molar-refractivity contribution in [1.29, 1.82) is 0 Å². The number of hydrogen-bond donors (Lipinski definition) is 1. The van der Waals surface area contributed by atoms with Crippen molar-refractivity contribution in [1.82, 2.24) is 15.1 Å². The van der Waals surface area contributed by atoms with E-state index in [4.69, 9.17) is 14.2 Å². The lowest BCUT2D eigenvalue weighted by Gasteiger charge is -2.15. The molecule has 1 N–H and O–H groups in total. The van der Waals surface area contributed by atoms with Crippen molar-refractivity contribution >= 4 is 11.9 Å². The van der Waals surface area contributed by atoms with Gasteiger partial charge in [-0.2, -0.15) is 5.10 Å². The van der Waals surface area contributed by atoms with Crippen LogP contribution in [0.3, 0.4) is 0 Å². The molecular weight excluding hydrogens is 429 g/mol. The Morgan fingerprint density at radius 2 is 2.12 bits per heavy atom. The largest absolute Gasteiger partial charge is 0.497 e. The fourth-order valence-corrected chi connectivity index (χ4v) is 3.81. The zero-order valence-corrected chi connectivity index (χ0v) is 19.5. The number of carbonyl (C=O) groups excluding carboxylic acids is 2. The van der Waals surface area contributed by atoms with Crippen LogP contribution in [0.1, 0.15) is 58.8 Å². The van der Waals surface area contributed by atoms with Crippen molar-refractivity contribution in [3.63, 3.8) is 0 Å². The number of rotatable bonds is 7. The number of fused-ring (bicyclic) bond motifs is 1. The first-order chi connectivity index (χ1) is 15.9. The summed E-state index contributed by atoms with van der Waals surface area (Å²) in [4.78, 5) is 25.2. The monoisotopic (exact) mass is 461 g/mol. The number of methoxy groups -OCH3 is 1. The Labute approximate surface area is 193 Å². The lowest BCUT2D eigenvalue weighted by molar-refractivity contribution is 0.0430. The molecule has 0 saturated carbocycles. The molecule has 1 amide bonds. The van der Waals surface area contributed by atoms with Gasteiger partial charge in [0.1, 0.15) is 11.6 Å². The number of aryl methyl sites for hydroxylation is 1. The molecule has 8 nitrogen and oxygen atoms in total. The molecule has 0 bridgehead atoms. The third-order valence-electron chi connectivity index (χ3n) is 5.52. The summed E-state index contributed by atoms with van der Waals surface area (Å²) < 4.78 is 31.9. The Kier molecular flexibility index (Phi) is 8.82. The van der Waals surface area contributed by atoms with Crippen molar-refractivity contribution in [2.45, 2.75) is 46.1 Å². The average Bonchev–Trinajstić information content (AvgIpc) is 3.14. The molecule has 2 heterocycles. The molecule has 0 saturated heterocycles. The van der Waals surface area contributed by atoms with Gasteiger partial charge in [0.15, 0.2) is 0 Å². The van der Waals surface area contributed by atoms with E-state index in [1.54, 1.807) is 0 Å². The van der Waals surface area contributed by atoms with E-state index >= 15 is 0 Å². The standard InChI is InChI=1S/C24H32FN3O5/c1-4-20-22-21(7-5-11-32-12-6-10-26-23(22)29)28(27-20)14-16(2)15-33-24(30)18-13-17(31-3)8-9-19(18)25/h8-9,13,16H,4-7,10-12,14-15H2,1-3H3,(H,26,29)/t16-/m1/s1. The van der Waals surface area contributed by atoms with E-state index in [9.17, 15) is 14.0 Å². The van der Waals surface area contributed by atoms with Crippen LogP contribution in [0.4, 0.5) is 4.39 Å². The summed E-state index contributed by atoms with van der Waals surface area (Å²) >= 11 is 0. The smallest absolute Gasteiger partial charge is 0.341 e. The van der Waals surface area contributed by atoms with Crippen LogP contribution in [0, 0.1) is 11.7 Å². The van der Waals surface area contributed by atoms with Gasteiger partial charge in [-0.15, -0.1) is 0 Å². The Bertz CT molecular complexity index is 975. The Morgan fingerprint density at radius 3 is 2.88 bits per heavy atom. The van der Waals surface area contributed by atoms with E-state index in [0.29, 0.717) is 50.5 Å². The molecule has 1 aromatic carbocycles. The maximum atomic E-state index is 14.0. The van der Waals surface area contributed by atoms with Gasteiger partial charge in [0.25, 0.3) is 5.91 Å². The Hall–Kier alpha value is -2.94. The highest BCUT2D eigenvalue weighted by Crippen LogP contribution is 2.21. The molecule has 2 aromatic rings. The van der Waals surface area contributed by atoms with Gasteiger partial charge in [-0.3, -0.25) is 9.48 Å². The SMILES string of the molecule is CCc1nn(C[C@@H](C)COC(=O)c2cc(OC)ccc2F)c2c1C(=O)NCCCOCCC2. The molecule has 0 aliphatic carbocycles. The van der Waals surface area contributed by atoms with Crippen LogP contribution < -0.4 is 10.1 Å². The van der Waals surface area contributed by atoms with E-state index in [0.717, 1.165) is 24.2 Å². The zero-order chi connectivity index (χ0) is 23.8. The molecule has 180 valence electrons. The van der Waals surface area contributed by atoms with Gasteiger partial charge in [-0.05, 0) is 43.9 Å². The van der Waals surface area contributed by atoms with Gasteiger partial charge < -0.3 is 19.5 Å². The highest BCUT2D eigenvalue weighted by atomic mass is 19.1. The first-order valence-corrected chi connectivity index (χ1v) is 11.4. The van der Waals surface area contributed by atoms with Crippen molar-refractivity contribution in [2.75, 3.05) is 33.5 Å². The van der Waals surface area contributed by atoms with Gasteiger partial charge in [0.2, 0.25) is 0 Å². The van der Waals surface area contributed by atoms with Crippen LogP contribution in [-0.4, -0.2) is 55.1 Å². The summed E-state index contributed by atoms with van der Waals surface area (Å²) in [5, 5.41) is 7.65. The summed E-state index contributed by atoms with van der Waals surface area (Å²) in [6, 6.07) is 3.94. The summed E-state index contributed by atoms with van der Waals surface area (Å²) in [5.41, 5.74) is 2.10. The van der Waals surface area contributed by atoms with E-state index < -0.39 is 11.8 Å². The molecule has 33 heavy (non-hydrogen) atoms. The molecule has 0 unspecified atom stereocenters. The van der Waals surface area contributed by atoms with Crippen LogP contribution in [0.5, 0.6) is 5.75 Å². The number of hydrogen-bond acceptors (Lipinski definition) is 6. The lowest BCUT2D eigenvalue weighted by atomic mass is 10.1. The summed E-state index contributed by atoms with van der Waals surface area (Å²) in [6.07, 6.45) is 2.86. The maximum absolute atomic E-state index is 14.0.